The van der Waals surface area contributed by atoms with E-state index in [0.29, 0.717) is 13.1 Å². The zero-order valence-corrected chi connectivity index (χ0v) is 43.5. The molecule has 0 heterocycles. The molecule has 4 saturated carbocycles. The molecule has 0 unspecified atom stereocenters. The maximum absolute atomic E-state index is 6.20. The topological polar surface area (TPSA) is 194 Å². The second-order valence-electron chi connectivity index (χ2n) is 20.3. The number of likely N-dealkylation sites (N-methyl/N-ethyl adjacent to an activating group) is 1. The normalized spacial score (nSPS) is 17.5. The van der Waals surface area contributed by atoms with Crippen molar-refractivity contribution in [2.24, 2.45) is 17.2 Å². The third-order valence-corrected chi connectivity index (χ3v) is 15.2. The van der Waals surface area contributed by atoms with Crippen LogP contribution in [0.3, 0.4) is 0 Å². The maximum atomic E-state index is 6.20. The Labute approximate surface area is 412 Å². The summed E-state index contributed by atoms with van der Waals surface area (Å²) in [5.41, 5.74) is 18.4. The van der Waals surface area contributed by atoms with Gasteiger partial charge in [0.05, 0.1) is 0 Å². The van der Waals surface area contributed by atoms with Crippen molar-refractivity contribution >= 4 is 0 Å². The van der Waals surface area contributed by atoms with E-state index in [4.69, 9.17) is 17.2 Å². The standard InChI is InChI=1S/C50H111N17/c1-2-54-26-39-67(50-13-6-14-50)40-27-58-25-36-65(44-41-62(30-15-51)33-22-56-19-18-55-20-21-59-47-7-3-8-47)35-24-57-23-34-63(31-16-52)42-45-66(38-29-61-49-11-5-12-49)46-43-64(32-17-53)37-28-60-48-9-4-10-48/h47-50,54-61H,2-46,51-53H2,1H3. The van der Waals surface area contributed by atoms with E-state index in [1.807, 2.05) is 0 Å². The highest BCUT2D eigenvalue weighted by Crippen LogP contribution is 2.24. The van der Waals surface area contributed by atoms with Crippen LogP contribution in [-0.2, 0) is 0 Å². The van der Waals surface area contributed by atoms with Gasteiger partial charge in [-0.3, -0.25) is 29.4 Å². The molecule has 17 heteroatoms. The number of nitrogens with one attached hydrogen (secondary N) is 8. The lowest BCUT2D eigenvalue weighted by Gasteiger charge is -2.37. The molecule has 0 aromatic rings. The Bertz CT molecular complexity index is 1100. The lowest BCUT2D eigenvalue weighted by molar-refractivity contribution is 0.128. The first-order valence-electron chi connectivity index (χ1n) is 28.3. The molecule has 396 valence electrons. The minimum atomic E-state index is 0.695. The molecule has 14 N–H and O–H groups in total. The van der Waals surface area contributed by atoms with Crippen molar-refractivity contribution in [3.8, 4) is 0 Å². The molecule has 17 nitrogen and oxygen atoms in total. The molecule has 0 bridgehead atoms. The van der Waals surface area contributed by atoms with Gasteiger partial charge in [0.25, 0.3) is 0 Å². The summed E-state index contributed by atoms with van der Waals surface area (Å²) < 4.78 is 0. The summed E-state index contributed by atoms with van der Waals surface area (Å²) in [6, 6.07) is 3.01. The van der Waals surface area contributed by atoms with Crippen molar-refractivity contribution in [1.82, 2.24) is 71.9 Å². The van der Waals surface area contributed by atoms with E-state index in [-0.39, 0.29) is 0 Å². The van der Waals surface area contributed by atoms with Crippen LogP contribution >= 0.6 is 0 Å². The van der Waals surface area contributed by atoms with Crippen LogP contribution in [-0.4, -0.2) is 270 Å². The van der Waals surface area contributed by atoms with Crippen molar-refractivity contribution < 1.29 is 0 Å². The van der Waals surface area contributed by atoms with E-state index in [1.165, 1.54) is 77.0 Å². The van der Waals surface area contributed by atoms with Crippen LogP contribution in [0, 0.1) is 0 Å². The zero-order chi connectivity index (χ0) is 47.3. The predicted octanol–water partition coefficient (Wildman–Crippen LogP) is -1.38. The SMILES string of the molecule is CCNCCN(CCNCCN(CCNCCN(CCN)CCN(CCNC1CCC1)CCN(CCN)CCNC1CCC1)CCN(CCN)CCNCCNCCNC1CCC1)C1CCC1. The van der Waals surface area contributed by atoms with Crippen LogP contribution in [0.4, 0.5) is 0 Å². The van der Waals surface area contributed by atoms with Gasteiger partial charge < -0.3 is 59.7 Å². The van der Waals surface area contributed by atoms with Crippen molar-refractivity contribution in [3.63, 3.8) is 0 Å². The molecule has 0 radical (unpaired) electrons. The van der Waals surface area contributed by atoms with Crippen LogP contribution in [0.5, 0.6) is 0 Å². The van der Waals surface area contributed by atoms with E-state index in [1.54, 1.807) is 0 Å². The monoisotopic (exact) mass is 950 g/mol. The van der Waals surface area contributed by atoms with Crippen LogP contribution in [0.2, 0.25) is 0 Å². The number of hydrogen-bond acceptors (Lipinski definition) is 17. The van der Waals surface area contributed by atoms with E-state index in [9.17, 15) is 0 Å². The molecule has 0 atom stereocenters. The van der Waals surface area contributed by atoms with Gasteiger partial charge in [0.2, 0.25) is 0 Å². The molecule has 4 aliphatic rings. The first-order chi connectivity index (χ1) is 33.1. The highest BCUT2D eigenvalue weighted by Gasteiger charge is 2.24. The Morgan fingerprint density at radius 2 is 0.612 bits per heavy atom. The van der Waals surface area contributed by atoms with Gasteiger partial charge in [0.15, 0.2) is 0 Å². The van der Waals surface area contributed by atoms with Crippen molar-refractivity contribution in [2.45, 2.75) is 108 Å². The molecule has 0 aromatic carbocycles. The summed E-state index contributed by atoms with van der Waals surface area (Å²) in [4.78, 5) is 15.8. The van der Waals surface area contributed by atoms with Gasteiger partial charge in [-0.1, -0.05) is 32.6 Å². The maximum Gasteiger partial charge on any atom is 0.0110 e. The Morgan fingerprint density at radius 3 is 0.970 bits per heavy atom. The van der Waals surface area contributed by atoms with Gasteiger partial charge in [-0.25, -0.2) is 0 Å². The van der Waals surface area contributed by atoms with Gasteiger partial charge in [-0.05, 0) is 57.9 Å². The minimum Gasteiger partial charge on any atom is -0.329 e. The van der Waals surface area contributed by atoms with Crippen molar-refractivity contribution in [3.05, 3.63) is 0 Å². The number of nitrogens with two attached hydrogens (primary N) is 3. The Balaban J connectivity index is 1.18. The quantitative estimate of drug-likeness (QED) is 0.0320. The van der Waals surface area contributed by atoms with E-state index < -0.39 is 0 Å². The van der Waals surface area contributed by atoms with Crippen molar-refractivity contribution in [1.29, 1.82) is 0 Å². The third-order valence-electron chi connectivity index (χ3n) is 15.2. The fourth-order valence-corrected chi connectivity index (χ4v) is 9.61. The summed E-state index contributed by atoms with van der Waals surface area (Å²) in [7, 11) is 0. The zero-order valence-electron chi connectivity index (χ0n) is 43.5. The first kappa shape index (κ1) is 58.9. The Kier molecular flexibility index (Phi) is 35.0. The predicted molar refractivity (Wildman–Crippen MR) is 286 cm³/mol. The largest absolute Gasteiger partial charge is 0.329 e. The molecule has 67 heavy (non-hydrogen) atoms. The molecular formula is C50H111N17. The highest BCUT2D eigenvalue weighted by atomic mass is 15.3. The molecule has 0 saturated heterocycles. The summed E-state index contributed by atoms with van der Waals surface area (Å²) in [6.45, 7) is 35.6. The minimum absolute atomic E-state index is 0.695. The van der Waals surface area contributed by atoms with Crippen LogP contribution in [0.25, 0.3) is 0 Å². The second-order valence-corrected chi connectivity index (χ2v) is 20.3. The molecule has 0 aliphatic heterocycles. The van der Waals surface area contributed by atoms with Crippen LogP contribution in [0.1, 0.15) is 84.0 Å². The van der Waals surface area contributed by atoms with Crippen LogP contribution in [0.15, 0.2) is 0 Å². The lowest BCUT2D eigenvalue weighted by Crippen LogP contribution is -2.48. The van der Waals surface area contributed by atoms with Gasteiger partial charge in [0, 0.05) is 234 Å². The average molecular weight is 951 g/mol. The van der Waals surface area contributed by atoms with Gasteiger partial charge >= 0.3 is 0 Å². The molecular weight excluding hydrogens is 839 g/mol. The third kappa shape index (κ3) is 28.2. The lowest BCUT2D eigenvalue weighted by atomic mass is 9.91. The summed E-state index contributed by atoms with van der Waals surface area (Å²) in [5, 5.41) is 29.7. The van der Waals surface area contributed by atoms with E-state index in [2.05, 4.69) is 78.9 Å². The fraction of sp³-hybridized carbons (Fsp3) is 1.00. The smallest absolute Gasteiger partial charge is 0.0110 e. The average Bonchev–Trinajstić information content (AvgIpc) is 3.26. The Morgan fingerprint density at radius 1 is 0.313 bits per heavy atom. The molecule has 4 aliphatic carbocycles. The first-order valence-corrected chi connectivity index (χ1v) is 28.3. The van der Waals surface area contributed by atoms with Gasteiger partial charge in [-0.2, -0.15) is 0 Å². The summed E-state index contributed by atoms with van der Waals surface area (Å²) in [6.07, 6.45) is 16.3. The number of rotatable bonds is 50. The summed E-state index contributed by atoms with van der Waals surface area (Å²) in [5.74, 6) is 0. The second kappa shape index (κ2) is 39.9. The van der Waals surface area contributed by atoms with E-state index in [0.717, 1.165) is 227 Å². The highest BCUT2D eigenvalue weighted by molar-refractivity contribution is 4.82. The Hall–Kier alpha value is -0.680. The molecule has 4 fully saturated rings. The summed E-state index contributed by atoms with van der Waals surface area (Å²) >= 11 is 0. The number of nitrogens with zero attached hydrogens (tertiary/aromatic N) is 6. The van der Waals surface area contributed by atoms with Gasteiger partial charge in [0.1, 0.15) is 0 Å². The molecule has 0 spiro atoms. The molecule has 4 rings (SSSR count). The molecule has 0 amide bonds. The van der Waals surface area contributed by atoms with E-state index >= 15 is 0 Å². The van der Waals surface area contributed by atoms with Crippen molar-refractivity contribution in [2.75, 3.05) is 216 Å². The van der Waals surface area contributed by atoms with Crippen LogP contribution < -0.4 is 59.7 Å². The molecule has 0 aromatic heterocycles. The number of hydrogen-bond donors (Lipinski definition) is 11. The fourth-order valence-electron chi connectivity index (χ4n) is 9.61. The van der Waals surface area contributed by atoms with Gasteiger partial charge in [-0.15, -0.1) is 0 Å².